The number of carbonyl (C=O) groups excluding carboxylic acids is 1. The smallest absolute Gasteiger partial charge is 0.410 e. The van der Waals surface area contributed by atoms with E-state index in [0.717, 1.165) is 6.42 Å². The second kappa shape index (κ2) is 6.21. The summed E-state index contributed by atoms with van der Waals surface area (Å²) >= 11 is 0. The predicted octanol–water partition coefficient (Wildman–Crippen LogP) is 1.39. The van der Waals surface area contributed by atoms with Crippen molar-refractivity contribution in [2.24, 2.45) is 0 Å². The fourth-order valence-electron chi connectivity index (χ4n) is 1.67. The van der Waals surface area contributed by atoms with Crippen molar-refractivity contribution < 1.29 is 19.4 Å². The van der Waals surface area contributed by atoms with Crippen LogP contribution in [0.1, 0.15) is 33.6 Å². The average Bonchev–Trinajstić information content (AvgIpc) is 2.64. The molecule has 100 valence electrons. The molecule has 1 atom stereocenters. The monoisotopic (exact) mass is 245 g/mol. The summed E-state index contributed by atoms with van der Waals surface area (Å²) in [7, 11) is 0. The lowest BCUT2D eigenvalue weighted by atomic mass is 10.2. The summed E-state index contributed by atoms with van der Waals surface area (Å²) in [6.07, 6.45) is 1.29. The van der Waals surface area contributed by atoms with Gasteiger partial charge in [0.05, 0.1) is 12.6 Å². The summed E-state index contributed by atoms with van der Waals surface area (Å²) in [5, 5.41) is 8.64. The maximum absolute atomic E-state index is 11.7. The Bertz CT molecular complexity index is 249. The average molecular weight is 245 g/mol. The molecule has 0 saturated carbocycles. The highest BCUT2D eigenvalue weighted by Crippen LogP contribution is 2.17. The first kappa shape index (κ1) is 14.3. The number of rotatable bonds is 4. The van der Waals surface area contributed by atoms with Gasteiger partial charge < -0.3 is 19.5 Å². The summed E-state index contributed by atoms with van der Waals surface area (Å²) in [6, 6.07) is 0. The van der Waals surface area contributed by atoms with Gasteiger partial charge in [0, 0.05) is 19.8 Å². The first-order valence-corrected chi connectivity index (χ1v) is 6.13. The fraction of sp³-hybridized carbons (Fsp3) is 0.917. The summed E-state index contributed by atoms with van der Waals surface area (Å²) < 4.78 is 10.8. The molecule has 1 rings (SSSR count). The van der Waals surface area contributed by atoms with Gasteiger partial charge in [-0.25, -0.2) is 4.79 Å². The molecule has 17 heavy (non-hydrogen) atoms. The van der Waals surface area contributed by atoms with Crippen molar-refractivity contribution in [3.8, 4) is 0 Å². The minimum absolute atomic E-state index is 0.0778. The van der Waals surface area contributed by atoms with Crippen LogP contribution in [-0.2, 0) is 9.47 Å². The minimum atomic E-state index is -0.451. The van der Waals surface area contributed by atoms with Gasteiger partial charge in [-0.15, -0.1) is 0 Å². The quantitative estimate of drug-likeness (QED) is 0.760. The zero-order chi connectivity index (χ0) is 12.9. The van der Waals surface area contributed by atoms with Gasteiger partial charge in [0.1, 0.15) is 5.60 Å². The Balaban J connectivity index is 2.27. The molecule has 1 aliphatic rings. The fourth-order valence-corrected chi connectivity index (χ4v) is 1.67. The maximum Gasteiger partial charge on any atom is 0.410 e. The van der Waals surface area contributed by atoms with Gasteiger partial charge in [0.15, 0.2) is 0 Å². The molecule has 0 aromatic rings. The molecule has 1 heterocycles. The number of aliphatic hydroxyl groups excluding tert-OH is 1. The van der Waals surface area contributed by atoms with E-state index in [-0.39, 0.29) is 18.8 Å². The highest BCUT2D eigenvalue weighted by molar-refractivity contribution is 5.68. The normalized spacial score (nSPS) is 20.7. The lowest BCUT2D eigenvalue weighted by Crippen LogP contribution is -2.36. The van der Waals surface area contributed by atoms with Crippen LogP contribution in [0.4, 0.5) is 4.79 Å². The van der Waals surface area contributed by atoms with E-state index in [4.69, 9.17) is 14.6 Å². The van der Waals surface area contributed by atoms with Crippen LogP contribution in [0.25, 0.3) is 0 Å². The van der Waals surface area contributed by atoms with E-state index < -0.39 is 5.60 Å². The number of amides is 1. The van der Waals surface area contributed by atoms with Crippen molar-refractivity contribution >= 4 is 6.09 Å². The molecule has 1 aliphatic heterocycles. The van der Waals surface area contributed by atoms with Gasteiger partial charge in [-0.1, -0.05) is 0 Å². The third-order valence-corrected chi connectivity index (χ3v) is 2.45. The Morgan fingerprint density at radius 3 is 2.76 bits per heavy atom. The first-order valence-electron chi connectivity index (χ1n) is 6.13. The molecule has 0 bridgehead atoms. The number of hydrogen-bond donors (Lipinski definition) is 1. The molecule has 1 amide bonds. The van der Waals surface area contributed by atoms with Crippen molar-refractivity contribution in [3.05, 3.63) is 0 Å². The SMILES string of the molecule is CC(C)(C)OC(=O)N1CCC(OCCCO)C1. The highest BCUT2D eigenvalue weighted by atomic mass is 16.6. The van der Waals surface area contributed by atoms with E-state index in [1.54, 1.807) is 4.90 Å². The molecule has 0 spiro atoms. The number of likely N-dealkylation sites (tertiary alicyclic amines) is 1. The van der Waals surface area contributed by atoms with Crippen LogP contribution >= 0.6 is 0 Å². The van der Waals surface area contributed by atoms with E-state index >= 15 is 0 Å². The van der Waals surface area contributed by atoms with Crippen LogP contribution in [0.2, 0.25) is 0 Å². The van der Waals surface area contributed by atoms with Gasteiger partial charge in [-0.3, -0.25) is 0 Å². The molecular formula is C12H23NO4. The molecule has 0 aromatic heterocycles. The number of carbonyl (C=O) groups is 1. The molecule has 0 radical (unpaired) electrons. The highest BCUT2D eigenvalue weighted by Gasteiger charge is 2.29. The van der Waals surface area contributed by atoms with E-state index in [9.17, 15) is 4.79 Å². The lowest BCUT2D eigenvalue weighted by molar-refractivity contribution is 0.0195. The molecule has 1 unspecified atom stereocenters. The maximum atomic E-state index is 11.7. The Kier molecular flexibility index (Phi) is 5.21. The van der Waals surface area contributed by atoms with Crippen LogP contribution in [0, 0.1) is 0 Å². The summed E-state index contributed by atoms with van der Waals surface area (Å²) in [6.45, 7) is 7.52. The standard InChI is InChI=1S/C12H23NO4/c1-12(2,3)17-11(15)13-6-5-10(9-13)16-8-4-7-14/h10,14H,4-9H2,1-3H3. The van der Waals surface area contributed by atoms with Crippen LogP contribution in [0.3, 0.4) is 0 Å². The lowest BCUT2D eigenvalue weighted by Gasteiger charge is -2.24. The van der Waals surface area contributed by atoms with E-state index in [1.165, 1.54) is 0 Å². The summed E-state index contributed by atoms with van der Waals surface area (Å²) in [5.74, 6) is 0. The van der Waals surface area contributed by atoms with Crippen LogP contribution in [0.5, 0.6) is 0 Å². The number of nitrogens with zero attached hydrogens (tertiary/aromatic N) is 1. The zero-order valence-electron chi connectivity index (χ0n) is 10.9. The number of hydrogen-bond acceptors (Lipinski definition) is 4. The summed E-state index contributed by atoms with van der Waals surface area (Å²) in [5.41, 5.74) is -0.451. The molecule has 0 aromatic carbocycles. The molecule has 0 aliphatic carbocycles. The zero-order valence-corrected chi connectivity index (χ0v) is 10.9. The Labute approximate surface area is 103 Å². The summed E-state index contributed by atoms with van der Waals surface area (Å²) in [4.78, 5) is 13.4. The van der Waals surface area contributed by atoms with Crippen LogP contribution in [0.15, 0.2) is 0 Å². The molecule has 5 heteroatoms. The second-order valence-electron chi connectivity index (χ2n) is 5.28. The van der Waals surface area contributed by atoms with E-state index in [1.807, 2.05) is 20.8 Å². The molecule has 1 saturated heterocycles. The van der Waals surface area contributed by atoms with E-state index in [0.29, 0.717) is 26.1 Å². The molecular weight excluding hydrogens is 222 g/mol. The Morgan fingerprint density at radius 1 is 1.47 bits per heavy atom. The Hall–Kier alpha value is -0.810. The predicted molar refractivity (Wildman–Crippen MR) is 63.9 cm³/mol. The first-order chi connectivity index (χ1) is 7.92. The minimum Gasteiger partial charge on any atom is -0.444 e. The van der Waals surface area contributed by atoms with E-state index in [2.05, 4.69) is 0 Å². The van der Waals surface area contributed by atoms with Gasteiger partial charge in [-0.2, -0.15) is 0 Å². The molecule has 1 fully saturated rings. The van der Waals surface area contributed by atoms with Crippen molar-refractivity contribution in [2.75, 3.05) is 26.3 Å². The van der Waals surface area contributed by atoms with Crippen molar-refractivity contribution in [2.45, 2.75) is 45.3 Å². The van der Waals surface area contributed by atoms with Crippen LogP contribution in [-0.4, -0.2) is 54.1 Å². The van der Waals surface area contributed by atoms with Crippen molar-refractivity contribution in [1.29, 1.82) is 0 Å². The van der Waals surface area contributed by atoms with Gasteiger partial charge in [-0.05, 0) is 33.6 Å². The third-order valence-electron chi connectivity index (χ3n) is 2.45. The van der Waals surface area contributed by atoms with Crippen LogP contribution < -0.4 is 0 Å². The van der Waals surface area contributed by atoms with Gasteiger partial charge in [0.25, 0.3) is 0 Å². The molecule has 1 N–H and O–H groups in total. The third kappa shape index (κ3) is 5.37. The van der Waals surface area contributed by atoms with Crippen molar-refractivity contribution in [1.82, 2.24) is 4.90 Å². The van der Waals surface area contributed by atoms with Crippen molar-refractivity contribution in [3.63, 3.8) is 0 Å². The van der Waals surface area contributed by atoms with Gasteiger partial charge in [0.2, 0.25) is 0 Å². The Morgan fingerprint density at radius 2 is 2.18 bits per heavy atom. The van der Waals surface area contributed by atoms with Gasteiger partial charge >= 0.3 is 6.09 Å². The topological polar surface area (TPSA) is 59.0 Å². The molecule has 5 nitrogen and oxygen atoms in total. The number of ether oxygens (including phenoxy) is 2. The largest absolute Gasteiger partial charge is 0.444 e. The second-order valence-corrected chi connectivity index (χ2v) is 5.28. The number of aliphatic hydroxyl groups is 1.